The largest absolute Gasteiger partial charge is 0.394 e. The van der Waals surface area contributed by atoms with E-state index in [0.29, 0.717) is 5.91 Å². The molecule has 1 N–H and O–H groups in total. The Labute approximate surface area is 74.4 Å². The summed E-state index contributed by atoms with van der Waals surface area (Å²) in [5.41, 5.74) is 0. The first-order valence-electron chi connectivity index (χ1n) is 4.53. The highest BCUT2D eigenvalue weighted by molar-refractivity contribution is 5.77. The van der Waals surface area contributed by atoms with E-state index >= 15 is 0 Å². The molecule has 0 spiro atoms. The summed E-state index contributed by atoms with van der Waals surface area (Å²) in [5, 5.41) is 8.06. The predicted octanol–water partition coefficient (Wildman–Crippen LogP) is 1.02. The van der Waals surface area contributed by atoms with Gasteiger partial charge in [0.2, 0.25) is 5.91 Å². The number of aliphatic hydroxyl groups is 1. The molecule has 1 rings (SSSR count). The van der Waals surface area contributed by atoms with Crippen LogP contribution in [0.2, 0.25) is 0 Å². The molecule has 3 heteroatoms. The second kappa shape index (κ2) is 6.00. The summed E-state index contributed by atoms with van der Waals surface area (Å²) in [4.78, 5) is 12.6. The Balaban J connectivity index is 0.000000261. The van der Waals surface area contributed by atoms with Gasteiger partial charge in [0.25, 0.3) is 0 Å². The Morgan fingerprint density at radius 2 is 2.08 bits per heavy atom. The lowest BCUT2D eigenvalue weighted by Crippen LogP contribution is -2.23. The van der Waals surface area contributed by atoms with E-state index in [1.807, 2.05) is 11.8 Å². The van der Waals surface area contributed by atoms with Crippen molar-refractivity contribution in [2.24, 2.45) is 0 Å². The van der Waals surface area contributed by atoms with E-state index in [2.05, 4.69) is 0 Å². The summed E-state index contributed by atoms with van der Waals surface area (Å²) in [5.74, 6) is 0.326. The quantitative estimate of drug-likeness (QED) is 0.643. The van der Waals surface area contributed by atoms with Crippen LogP contribution in [-0.4, -0.2) is 35.1 Å². The molecule has 1 heterocycles. The molecule has 1 aliphatic rings. The van der Waals surface area contributed by atoms with Crippen LogP contribution in [0.5, 0.6) is 0 Å². The Morgan fingerprint density at radius 3 is 2.25 bits per heavy atom. The highest BCUT2D eigenvalue weighted by Crippen LogP contribution is 2.07. The number of carbonyl (C=O) groups excluding carboxylic acids is 1. The van der Waals surface area contributed by atoms with Crippen LogP contribution in [0.15, 0.2) is 0 Å². The second-order valence-corrected chi connectivity index (χ2v) is 3.17. The van der Waals surface area contributed by atoms with Crippen molar-refractivity contribution >= 4 is 5.91 Å². The number of amides is 1. The molecule has 0 aromatic carbocycles. The summed E-state index contributed by atoms with van der Waals surface area (Å²) in [6, 6.07) is 0. The van der Waals surface area contributed by atoms with Crippen LogP contribution < -0.4 is 0 Å². The maximum atomic E-state index is 10.7. The summed E-state index contributed by atoms with van der Waals surface area (Å²) >= 11 is 0. The molecule has 0 atom stereocenters. The smallest absolute Gasteiger partial charge is 0.222 e. The zero-order chi connectivity index (χ0) is 9.56. The molecule has 1 saturated heterocycles. The van der Waals surface area contributed by atoms with E-state index in [4.69, 9.17) is 5.11 Å². The zero-order valence-corrected chi connectivity index (χ0v) is 8.21. The van der Waals surface area contributed by atoms with Crippen LogP contribution in [0, 0.1) is 0 Å². The van der Waals surface area contributed by atoms with Crippen LogP contribution in [0.1, 0.15) is 33.6 Å². The molecule has 0 radical (unpaired) electrons. The maximum absolute atomic E-state index is 10.7. The molecule has 0 aromatic heterocycles. The van der Waals surface area contributed by atoms with Crippen molar-refractivity contribution in [1.29, 1.82) is 0 Å². The average molecular weight is 173 g/mol. The van der Waals surface area contributed by atoms with Crippen molar-refractivity contribution in [3.8, 4) is 0 Å². The van der Waals surface area contributed by atoms with Crippen molar-refractivity contribution in [2.75, 3.05) is 13.1 Å². The number of rotatable bonds is 1. The Hall–Kier alpha value is -0.570. The molecule has 72 valence electrons. The molecule has 12 heavy (non-hydrogen) atoms. The molecule has 0 bridgehead atoms. The first-order chi connectivity index (χ1) is 5.57. The standard InChI is InChI=1S/C6H11NO.C3H8O/c1-2-7-5-3-4-6(7)8;1-3(2)4/h2-5H2,1H3;3-4H,1-2H3. The van der Waals surface area contributed by atoms with E-state index in [1.165, 1.54) is 0 Å². The summed E-state index contributed by atoms with van der Waals surface area (Å²) in [6.45, 7) is 7.33. The van der Waals surface area contributed by atoms with Crippen molar-refractivity contribution < 1.29 is 9.90 Å². The number of hydrogen-bond donors (Lipinski definition) is 1. The van der Waals surface area contributed by atoms with E-state index in [0.717, 1.165) is 25.9 Å². The summed E-state index contributed by atoms with van der Waals surface area (Å²) in [7, 11) is 0. The highest BCUT2D eigenvalue weighted by Gasteiger charge is 2.16. The van der Waals surface area contributed by atoms with Gasteiger partial charge in [-0.25, -0.2) is 0 Å². The van der Waals surface area contributed by atoms with Crippen molar-refractivity contribution in [2.45, 2.75) is 39.7 Å². The van der Waals surface area contributed by atoms with Gasteiger partial charge in [-0.3, -0.25) is 4.79 Å². The fourth-order valence-corrected chi connectivity index (χ4v) is 1.04. The van der Waals surface area contributed by atoms with Gasteiger partial charge >= 0.3 is 0 Å². The molecule has 3 nitrogen and oxygen atoms in total. The van der Waals surface area contributed by atoms with Gasteiger partial charge in [-0.2, -0.15) is 0 Å². The van der Waals surface area contributed by atoms with Crippen molar-refractivity contribution in [1.82, 2.24) is 4.90 Å². The number of likely N-dealkylation sites (tertiary alicyclic amines) is 1. The van der Waals surface area contributed by atoms with Gasteiger partial charge < -0.3 is 10.0 Å². The number of carbonyl (C=O) groups is 1. The minimum absolute atomic E-state index is 0.167. The molecule has 1 fully saturated rings. The van der Waals surface area contributed by atoms with E-state index in [-0.39, 0.29) is 6.10 Å². The maximum Gasteiger partial charge on any atom is 0.222 e. The number of nitrogens with zero attached hydrogens (tertiary/aromatic N) is 1. The third-order valence-corrected chi connectivity index (χ3v) is 1.55. The first kappa shape index (κ1) is 11.4. The predicted molar refractivity (Wildman–Crippen MR) is 48.8 cm³/mol. The van der Waals surface area contributed by atoms with Gasteiger partial charge in [0.05, 0.1) is 0 Å². The minimum atomic E-state index is -0.167. The third-order valence-electron chi connectivity index (χ3n) is 1.55. The van der Waals surface area contributed by atoms with E-state index in [1.54, 1.807) is 13.8 Å². The van der Waals surface area contributed by atoms with Gasteiger partial charge in [-0.15, -0.1) is 0 Å². The van der Waals surface area contributed by atoms with Crippen molar-refractivity contribution in [3.63, 3.8) is 0 Å². The van der Waals surface area contributed by atoms with Gasteiger partial charge in [-0.1, -0.05) is 0 Å². The molecule has 0 saturated carbocycles. The fraction of sp³-hybridized carbons (Fsp3) is 0.889. The lowest BCUT2D eigenvalue weighted by atomic mass is 10.4. The van der Waals surface area contributed by atoms with Crippen LogP contribution in [0.25, 0.3) is 0 Å². The van der Waals surface area contributed by atoms with Gasteiger partial charge in [0.15, 0.2) is 0 Å². The Bertz CT molecular complexity index is 132. The molecule has 0 aliphatic carbocycles. The zero-order valence-electron chi connectivity index (χ0n) is 8.21. The van der Waals surface area contributed by atoms with E-state index in [9.17, 15) is 4.79 Å². The molecule has 0 aromatic rings. The summed E-state index contributed by atoms with van der Waals surface area (Å²) in [6.07, 6.45) is 1.67. The highest BCUT2D eigenvalue weighted by atomic mass is 16.3. The Kier molecular flexibility index (Phi) is 5.72. The monoisotopic (exact) mass is 173 g/mol. The topological polar surface area (TPSA) is 40.5 Å². The van der Waals surface area contributed by atoms with Crippen LogP contribution in [0.4, 0.5) is 0 Å². The molecule has 1 aliphatic heterocycles. The number of aliphatic hydroxyl groups excluding tert-OH is 1. The lowest BCUT2D eigenvalue weighted by molar-refractivity contribution is -0.127. The number of hydrogen-bond acceptors (Lipinski definition) is 2. The van der Waals surface area contributed by atoms with E-state index < -0.39 is 0 Å². The first-order valence-corrected chi connectivity index (χ1v) is 4.53. The minimum Gasteiger partial charge on any atom is -0.394 e. The molecule has 0 unspecified atom stereocenters. The molecular formula is C9H19NO2. The summed E-state index contributed by atoms with van der Waals surface area (Å²) < 4.78 is 0. The average Bonchev–Trinajstić information content (AvgIpc) is 2.33. The van der Waals surface area contributed by atoms with Crippen LogP contribution in [-0.2, 0) is 4.79 Å². The van der Waals surface area contributed by atoms with Crippen LogP contribution in [0.3, 0.4) is 0 Å². The Morgan fingerprint density at radius 1 is 1.58 bits per heavy atom. The molecular weight excluding hydrogens is 154 g/mol. The van der Waals surface area contributed by atoms with Crippen molar-refractivity contribution in [3.05, 3.63) is 0 Å². The van der Waals surface area contributed by atoms with Gasteiger partial charge in [0.1, 0.15) is 0 Å². The normalized spacial score (nSPS) is 16.4. The van der Waals surface area contributed by atoms with Crippen LogP contribution >= 0.6 is 0 Å². The molecule has 1 amide bonds. The lowest BCUT2D eigenvalue weighted by Gasteiger charge is -2.10. The fourth-order valence-electron chi connectivity index (χ4n) is 1.04. The van der Waals surface area contributed by atoms with Gasteiger partial charge in [0, 0.05) is 25.6 Å². The SMILES string of the molecule is CC(C)O.CCN1CCCC1=O. The second-order valence-electron chi connectivity index (χ2n) is 3.17. The van der Waals surface area contributed by atoms with Gasteiger partial charge in [-0.05, 0) is 27.2 Å². The third kappa shape index (κ3) is 5.13.